The molecular weight excluding hydrogens is 670 g/mol. The summed E-state index contributed by atoms with van der Waals surface area (Å²) in [5.74, 6) is 0.733. The van der Waals surface area contributed by atoms with E-state index >= 15 is 0 Å². The maximum atomic E-state index is 13.2. The molecule has 2 unspecified atom stereocenters. The first-order valence-corrected chi connectivity index (χ1v) is 18.3. The Labute approximate surface area is 307 Å². The molecule has 0 radical (unpaired) electrons. The van der Waals surface area contributed by atoms with E-state index in [0.717, 1.165) is 69.9 Å². The fourth-order valence-corrected chi connectivity index (χ4v) is 8.88. The van der Waals surface area contributed by atoms with Crippen LogP contribution in [0.4, 0.5) is 0 Å². The van der Waals surface area contributed by atoms with Crippen molar-refractivity contribution in [3.05, 3.63) is 82.2 Å². The molecule has 53 heavy (non-hydrogen) atoms. The fourth-order valence-electron chi connectivity index (χ4n) is 8.88. The van der Waals surface area contributed by atoms with Crippen LogP contribution in [0.1, 0.15) is 46.5 Å². The van der Waals surface area contributed by atoms with E-state index in [1.165, 1.54) is 0 Å². The van der Waals surface area contributed by atoms with Crippen LogP contribution in [0.2, 0.25) is 0 Å². The number of nitriles is 1. The van der Waals surface area contributed by atoms with Gasteiger partial charge in [0, 0.05) is 49.4 Å². The molecule has 0 aliphatic carbocycles. The minimum absolute atomic E-state index is 0.129. The smallest absolute Gasteiger partial charge is 0.307 e. The molecule has 3 aromatic carbocycles. The zero-order valence-corrected chi connectivity index (χ0v) is 30.1. The van der Waals surface area contributed by atoms with Crippen molar-refractivity contribution in [2.45, 2.75) is 58.4 Å². The number of aliphatic carboxylic acids is 1. The molecule has 6 heterocycles. The minimum Gasteiger partial charge on any atom is -0.481 e. The normalized spacial score (nSPS) is 21.5. The molecule has 2 bridgehead atoms. The van der Waals surface area contributed by atoms with Crippen LogP contribution in [0, 0.1) is 31.1 Å². The van der Waals surface area contributed by atoms with Crippen molar-refractivity contribution < 1.29 is 23.5 Å². The van der Waals surface area contributed by atoms with Gasteiger partial charge in [0.25, 0.3) is 0 Å². The number of benzene rings is 3. The molecule has 0 spiro atoms. The number of carbonyl (C=O) groups is 2. The Kier molecular flexibility index (Phi) is 8.18. The molecule has 4 aliphatic heterocycles. The Morgan fingerprint density at radius 2 is 1.64 bits per heavy atom. The van der Waals surface area contributed by atoms with Gasteiger partial charge in [-0.1, -0.05) is 24.3 Å². The van der Waals surface area contributed by atoms with Crippen molar-refractivity contribution in [1.29, 1.82) is 5.26 Å². The summed E-state index contributed by atoms with van der Waals surface area (Å²) in [6.45, 7) is 9.19. The van der Waals surface area contributed by atoms with Crippen molar-refractivity contribution in [2.75, 3.05) is 39.8 Å². The zero-order valence-electron chi connectivity index (χ0n) is 30.1. The Balaban J connectivity index is 0.944. The van der Waals surface area contributed by atoms with Crippen LogP contribution in [0.25, 0.3) is 45.1 Å². The molecule has 9 rings (SSSR count). The van der Waals surface area contributed by atoms with Crippen LogP contribution >= 0.6 is 0 Å². The predicted octanol–water partition coefficient (Wildman–Crippen LogP) is 5.44. The standard InChI is InChI=1S/C41H41N7O5/c1-23-30(6-4-8-32(23)39-44-35-20-48(21-36(35)52-39)37(49)22-47-19-28-14-29(47)18-45(28)3)31-7-5-9-33(24(31)2)40-43-34-13-25(12-27(15-42)38(34)53-40)16-46-11-10-26(17-46)41(50)51/h4-9,12-13,26,28-29H,10-11,14,16-22H2,1-3H3,(H,50,51)/t26-,28?,29?/m1/s1. The van der Waals surface area contributed by atoms with E-state index in [4.69, 9.17) is 18.8 Å². The molecule has 5 aromatic rings. The van der Waals surface area contributed by atoms with Crippen molar-refractivity contribution in [1.82, 2.24) is 29.6 Å². The van der Waals surface area contributed by atoms with Gasteiger partial charge in [-0.15, -0.1) is 0 Å². The second kappa shape index (κ2) is 12.9. The van der Waals surface area contributed by atoms with Gasteiger partial charge in [0.2, 0.25) is 17.7 Å². The molecule has 2 aromatic heterocycles. The molecular formula is C41H41N7O5. The third-order valence-electron chi connectivity index (χ3n) is 11.9. The van der Waals surface area contributed by atoms with Crippen molar-refractivity contribution in [3.8, 4) is 40.1 Å². The first kappa shape index (κ1) is 33.5. The lowest BCUT2D eigenvalue weighted by Crippen LogP contribution is -2.48. The maximum absolute atomic E-state index is 13.2. The number of carbonyl (C=O) groups excluding carboxylic acids is 1. The summed E-state index contributed by atoms with van der Waals surface area (Å²) in [5, 5.41) is 19.4. The van der Waals surface area contributed by atoms with Crippen molar-refractivity contribution >= 4 is 23.0 Å². The summed E-state index contributed by atoms with van der Waals surface area (Å²) in [6, 6.07) is 19.2. The number of amides is 1. The number of piperazine rings is 1. The maximum Gasteiger partial charge on any atom is 0.307 e. The van der Waals surface area contributed by atoms with E-state index in [1.807, 2.05) is 48.2 Å². The van der Waals surface area contributed by atoms with Gasteiger partial charge in [0.05, 0.1) is 31.1 Å². The zero-order chi connectivity index (χ0) is 36.5. The highest BCUT2D eigenvalue weighted by Gasteiger charge is 2.43. The van der Waals surface area contributed by atoms with E-state index in [9.17, 15) is 20.0 Å². The van der Waals surface area contributed by atoms with Gasteiger partial charge >= 0.3 is 5.97 Å². The third-order valence-corrected chi connectivity index (χ3v) is 11.9. The Bertz CT molecular complexity index is 2310. The van der Waals surface area contributed by atoms with Crippen LogP contribution in [0.5, 0.6) is 0 Å². The molecule has 12 nitrogen and oxygen atoms in total. The van der Waals surface area contributed by atoms with E-state index in [0.29, 0.717) is 86.2 Å². The number of aromatic nitrogens is 2. The lowest BCUT2D eigenvalue weighted by atomic mass is 9.91. The summed E-state index contributed by atoms with van der Waals surface area (Å²) in [6.07, 6.45) is 1.77. The number of hydrogen-bond donors (Lipinski definition) is 1. The van der Waals surface area contributed by atoms with Gasteiger partial charge in [-0.2, -0.15) is 5.26 Å². The van der Waals surface area contributed by atoms with E-state index in [2.05, 4.69) is 46.9 Å². The number of carboxylic acids is 1. The Morgan fingerprint density at radius 3 is 2.26 bits per heavy atom. The second-order valence-corrected chi connectivity index (χ2v) is 15.2. The average Bonchev–Trinajstić information content (AvgIpc) is 3.99. The Hall–Kier alpha value is -5.35. The summed E-state index contributed by atoms with van der Waals surface area (Å²) < 4.78 is 12.6. The summed E-state index contributed by atoms with van der Waals surface area (Å²) in [4.78, 5) is 43.1. The quantitative estimate of drug-likeness (QED) is 0.220. The molecule has 12 heteroatoms. The SMILES string of the molecule is Cc1c(-c2nc3c(o2)CN(C(=O)CN2CC4CC2CN4C)C3)cccc1-c1cccc(-c2nc3cc(CN4CC[C@@H](C(=O)O)C4)cc(C#N)c3o2)c1C. The van der Waals surface area contributed by atoms with Gasteiger partial charge in [0.1, 0.15) is 23.0 Å². The number of hydrogen-bond acceptors (Lipinski definition) is 10. The highest BCUT2D eigenvalue weighted by molar-refractivity contribution is 5.85. The molecule has 4 aliphatic rings. The van der Waals surface area contributed by atoms with Gasteiger partial charge in [0.15, 0.2) is 5.58 Å². The van der Waals surface area contributed by atoms with Gasteiger partial charge in [-0.05, 0) is 92.4 Å². The Morgan fingerprint density at radius 1 is 0.925 bits per heavy atom. The molecule has 0 saturated carbocycles. The highest BCUT2D eigenvalue weighted by Crippen LogP contribution is 2.39. The lowest BCUT2D eigenvalue weighted by Gasteiger charge is -2.32. The third kappa shape index (κ3) is 5.89. The molecule has 3 fully saturated rings. The van der Waals surface area contributed by atoms with Gasteiger partial charge in [-0.3, -0.25) is 19.4 Å². The minimum atomic E-state index is -0.768. The fraction of sp³-hybridized carbons (Fsp3) is 0.390. The first-order chi connectivity index (χ1) is 25.6. The number of likely N-dealkylation sites (tertiary alicyclic amines) is 3. The summed E-state index contributed by atoms with van der Waals surface area (Å²) in [7, 11) is 2.17. The summed E-state index contributed by atoms with van der Waals surface area (Å²) >= 11 is 0. The number of oxazole rings is 2. The number of fused-ring (bicyclic) bond motifs is 4. The van der Waals surface area contributed by atoms with E-state index in [1.54, 1.807) is 0 Å². The van der Waals surface area contributed by atoms with Crippen LogP contribution in [0.15, 0.2) is 57.4 Å². The van der Waals surface area contributed by atoms with Crippen LogP contribution in [-0.2, 0) is 29.2 Å². The number of rotatable bonds is 8. The van der Waals surface area contributed by atoms with E-state index in [-0.39, 0.29) is 11.8 Å². The number of carboxylic acid groups (broad SMARTS) is 1. The largest absolute Gasteiger partial charge is 0.481 e. The van der Waals surface area contributed by atoms with Crippen LogP contribution in [0.3, 0.4) is 0 Å². The van der Waals surface area contributed by atoms with Gasteiger partial charge < -0.3 is 23.7 Å². The topological polar surface area (TPSA) is 143 Å². The van der Waals surface area contributed by atoms with Crippen molar-refractivity contribution in [3.63, 3.8) is 0 Å². The predicted molar refractivity (Wildman–Crippen MR) is 196 cm³/mol. The molecule has 1 N–H and O–H groups in total. The average molecular weight is 712 g/mol. The van der Waals surface area contributed by atoms with Gasteiger partial charge in [-0.25, -0.2) is 9.97 Å². The van der Waals surface area contributed by atoms with Crippen molar-refractivity contribution in [2.24, 2.45) is 5.92 Å². The lowest BCUT2D eigenvalue weighted by molar-refractivity contribution is -0.141. The molecule has 270 valence electrons. The second-order valence-electron chi connectivity index (χ2n) is 15.2. The number of likely N-dealkylation sites (N-methyl/N-ethyl adjacent to an activating group) is 1. The highest BCUT2D eigenvalue weighted by atomic mass is 16.4. The number of nitrogens with zero attached hydrogens (tertiary/aromatic N) is 7. The monoisotopic (exact) mass is 711 g/mol. The first-order valence-electron chi connectivity index (χ1n) is 18.3. The molecule has 1 amide bonds. The molecule has 3 saturated heterocycles. The van der Waals surface area contributed by atoms with E-state index < -0.39 is 5.97 Å². The van der Waals surface area contributed by atoms with Crippen LogP contribution < -0.4 is 0 Å². The summed E-state index contributed by atoms with van der Waals surface area (Å²) in [5.41, 5.74) is 8.94. The van der Waals surface area contributed by atoms with Crippen LogP contribution in [-0.4, -0.2) is 98.4 Å². The molecule has 3 atom stereocenters.